The van der Waals surface area contributed by atoms with Crippen LogP contribution in [0, 0.1) is 0 Å². The number of ether oxygens (including phenoxy) is 1. The van der Waals surface area contributed by atoms with E-state index in [0.29, 0.717) is 15.9 Å². The summed E-state index contributed by atoms with van der Waals surface area (Å²) in [4.78, 5) is 4.07. The lowest BCUT2D eigenvalue weighted by molar-refractivity contribution is 0.415. The fourth-order valence-electron chi connectivity index (χ4n) is 1.75. The van der Waals surface area contributed by atoms with E-state index in [4.69, 9.17) is 16.3 Å². The van der Waals surface area contributed by atoms with Gasteiger partial charge in [0.25, 0.3) is 0 Å². The highest BCUT2D eigenvalue weighted by molar-refractivity contribution is 7.18. The zero-order chi connectivity index (χ0) is 14.7. The molecule has 7 heteroatoms. The molecule has 2 aromatic heterocycles. The number of rotatable bonds is 4. The molecule has 21 heavy (non-hydrogen) atoms. The second kappa shape index (κ2) is 6.07. The van der Waals surface area contributed by atoms with Crippen molar-refractivity contribution in [3.63, 3.8) is 0 Å². The number of anilines is 2. The number of pyridine rings is 1. The van der Waals surface area contributed by atoms with Crippen LogP contribution in [0.15, 0.2) is 42.7 Å². The van der Waals surface area contributed by atoms with Crippen LogP contribution < -0.4 is 10.1 Å². The van der Waals surface area contributed by atoms with Gasteiger partial charge in [-0.2, -0.15) is 0 Å². The first-order valence-electron chi connectivity index (χ1n) is 6.11. The molecular weight excluding hydrogens is 308 g/mol. The molecule has 3 rings (SSSR count). The van der Waals surface area contributed by atoms with Crippen molar-refractivity contribution in [2.45, 2.75) is 0 Å². The monoisotopic (exact) mass is 318 g/mol. The number of halogens is 1. The molecule has 1 aromatic carbocycles. The molecule has 0 aliphatic rings. The van der Waals surface area contributed by atoms with Gasteiger partial charge in [0.2, 0.25) is 5.13 Å². The van der Waals surface area contributed by atoms with Crippen LogP contribution in [0.2, 0.25) is 5.02 Å². The predicted octanol–water partition coefficient (Wildman–Crippen LogP) is 4.01. The van der Waals surface area contributed by atoms with E-state index in [0.717, 1.165) is 16.3 Å². The summed E-state index contributed by atoms with van der Waals surface area (Å²) in [6.45, 7) is 0. The van der Waals surface area contributed by atoms with Gasteiger partial charge in [-0.05, 0) is 30.3 Å². The molecule has 0 fully saturated rings. The highest BCUT2D eigenvalue weighted by Crippen LogP contribution is 2.31. The Labute approximate surface area is 130 Å². The number of nitrogens with one attached hydrogen (secondary N) is 1. The third-order valence-electron chi connectivity index (χ3n) is 2.74. The minimum absolute atomic E-state index is 0.541. The molecule has 0 aliphatic heterocycles. The molecule has 5 nitrogen and oxygen atoms in total. The Balaban J connectivity index is 1.80. The molecule has 0 bridgehead atoms. The van der Waals surface area contributed by atoms with Gasteiger partial charge in [0, 0.05) is 23.6 Å². The van der Waals surface area contributed by atoms with Crippen LogP contribution in [-0.4, -0.2) is 22.3 Å². The molecule has 1 N–H and O–H groups in total. The Morgan fingerprint density at radius 2 is 2.14 bits per heavy atom. The van der Waals surface area contributed by atoms with Gasteiger partial charge < -0.3 is 10.1 Å². The van der Waals surface area contributed by atoms with Crippen LogP contribution in [0.3, 0.4) is 0 Å². The minimum Gasteiger partial charge on any atom is -0.495 e. The number of nitrogens with zero attached hydrogens (tertiary/aromatic N) is 3. The molecule has 106 valence electrons. The van der Waals surface area contributed by atoms with E-state index in [9.17, 15) is 0 Å². The lowest BCUT2D eigenvalue weighted by Gasteiger charge is -2.06. The Kier molecular flexibility index (Phi) is 3.98. The van der Waals surface area contributed by atoms with Gasteiger partial charge in [-0.25, -0.2) is 0 Å². The summed E-state index contributed by atoms with van der Waals surface area (Å²) in [5.74, 6) is 0.635. The molecule has 0 amide bonds. The first-order chi connectivity index (χ1) is 10.3. The lowest BCUT2D eigenvalue weighted by atomic mass is 10.3. The normalized spacial score (nSPS) is 10.4. The van der Waals surface area contributed by atoms with Crippen molar-refractivity contribution in [3.8, 4) is 16.3 Å². The lowest BCUT2D eigenvalue weighted by Crippen LogP contribution is -1.91. The Bertz CT molecular complexity index is 748. The van der Waals surface area contributed by atoms with Gasteiger partial charge in [-0.15, -0.1) is 10.2 Å². The molecule has 0 saturated heterocycles. The van der Waals surface area contributed by atoms with Crippen molar-refractivity contribution in [3.05, 3.63) is 47.7 Å². The van der Waals surface area contributed by atoms with E-state index >= 15 is 0 Å². The van der Waals surface area contributed by atoms with Crippen LogP contribution in [0.4, 0.5) is 10.8 Å². The largest absolute Gasteiger partial charge is 0.495 e. The first-order valence-corrected chi connectivity index (χ1v) is 7.30. The number of hydrogen-bond donors (Lipinski definition) is 1. The average molecular weight is 319 g/mol. The standard InChI is InChI=1S/C14H11ClN4OS/c1-20-12-5-4-10(7-11(12)15)17-14-19-18-13(21-14)9-3-2-6-16-8-9/h2-8H,1H3,(H,17,19). The van der Waals surface area contributed by atoms with Crippen LogP contribution in [0.5, 0.6) is 5.75 Å². The first kappa shape index (κ1) is 13.8. The summed E-state index contributed by atoms with van der Waals surface area (Å²) in [5.41, 5.74) is 1.77. The van der Waals surface area contributed by atoms with Gasteiger partial charge in [-0.1, -0.05) is 22.9 Å². The van der Waals surface area contributed by atoms with Crippen molar-refractivity contribution < 1.29 is 4.74 Å². The molecule has 0 atom stereocenters. The van der Waals surface area contributed by atoms with E-state index in [1.165, 1.54) is 11.3 Å². The fourth-order valence-corrected chi connectivity index (χ4v) is 2.76. The average Bonchev–Trinajstić information content (AvgIpc) is 2.97. The topological polar surface area (TPSA) is 59.9 Å². The number of methoxy groups -OCH3 is 1. The third-order valence-corrected chi connectivity index (χ3v) is 3.92. The molecule has 0 unspecified atom stereocenters. The molecule has 3 aromatic rings. The van der Waals surface area contributed by atoms with Crippen LogP contribution in [0.1, 0.15) is 0 Å². The van der Waals surface area contributed by atoms with Gasteiger partial charge in [-0.3, -0.25) is 4.98 Å². The van der Waals surface area contributed by atoms with E-state index in [1.54, 1.807) is 31.6 Å². The summed E-state index contributed by atoms with van der Waals surface area (Å²) in [7, 11) is 1.58. The molecule has 2 heterocycles. The van der Waals surface area contributed by atoms with Gasteiger partial charge >= 0.3 is 0 Å². The summed E-state index contributed by atoms with van der Waals surface area (Å²) in [5, 5.41) is 13.5. The Morgan fingerprint density at radius 1 is 1.24 bits per heavy atom. The smallest absolute Gasteiger partial charge is 0.210 e. The van der Waals surface area contributed by atoms with Crippen LogP contribution in [-0.2, 0) is 0 Å². The SMILES string of the molecule is COc1ccc(Nc2nnc(-c3cccnc3)s2)cc1Cl. The second-order valence-electron chi connectivity index (χ2n) is 4.13. The zero-order valence-electron chi connectivity index (χ0n) is 11.1. The van der Waals surface area contributed by atoms with Crippen molar-refractivity contribution in [2.24, 2.45) is 0 Å². The fraction of sp³-hybridized carbons (Fsp3) is 0.0714. The van der Waals surface area contributed by atoms with Gasteiger partial charge in [0.1, 0.15) is 5.75 Å². The van der Waals surface area contributed by atoms with E-state index < -0.39 is 0 Å². The Morgan fingerprint density at radius 3 is 2.86 bits per heavy atom. The van der Waals surface area contributed by atoms with E-state index in [1.807, 2.05) is 18.2 Å². The highest BCUT2D eigenvalue weighted by Gasteiger charge is 2.08. The highest BCUT2D eigenvalue weighted by atomic mass is 35.5. The quantitative estimate of drug-likeness (QED) is 0.787. The third kappa shape index (κ3) is 3.12. The van der Waals surface area contributed by atoms with Crippen molar-refractivity contribution in [1.82, 2.24) is 15.2 Å². The van der Waals surface area contributed by atoms with Crippen LogP contribution >= 0.6 is 22.9 Å². The summed E-state index contributed by atoms with van der Waals surface area (Å²) in [6, 6.07) is 9.27. The predicted molar refractivity (Wildman–Crippen MR) is 84.4 cm³/mol. The maximum atomic E-state index is 6.09. The van der Waals surface area contributed by atoms with Crippen LogP contribution in [0.25, 0.3) is 10.6 Å². The van der Waals surface area contributed by atoms with E-state index in [2.05, 4.69) is 20.5 Å². The summed E-state index contributed by atoms with van der Waals surface area (Å²) < 4.78 is 5.12. The molecule has 0 saturated carbocycles. The summed E-state index contributed by atoms with van der Waals surface area (Å²) in [6.07, 6.45) is 3.48. The number of hydrogen-bond acceptors (Lipinski definition) is 6. The second-order valence-corrected chi connectivity index (χ2v) is 5.51. The number of aromatic nitrogens is 3. The van der Waals surface area contributed by atoms with E-state index in [-0.39, 0.29) is 0 Å². The molecule has 0 aliphatic carbocycles. The summed E-state index contributed by atoms with van der Waals surface area (Å²) >= 11 is 7.54. The molecular formula is C14H11ClN4OS. The maximum Gasteiger partial charge on any atom is 0.210 e. The number of benzene rings is 1. The minimum atomic E-state index is 0.541. The Hall–Kier alpha value is -2.18. The van der Waals surface area contributed by atoms with Crippen molar-refractivity contribution in [1.29, 1.82) is 0 Å². The van der Waals surface area contributed by atoms with Gasteiger partial charge in [0.05, 0.1) is 12.1 Å². The molecule has 0 radical (unpaired) electrons. The maximum absolute atomic E-state index is 6.09. The van der Waals surface area contributed by atoms with Crippen molar-refractivity contribution in [2.75, 3.05) is 12.4 Å². The zero-order valence-corrected chi connectivity index (χ0v) is 12.6. The molecule has 0 spiro atoms. The van der Waals surface area contributed by atoms with Crippen molar-refractivity contribution >= 4 is 33.8 Å². The van der Waals surface area contributed by atoms with Gasteiger partial charge in [0.15, 0.2) is 5.01 Å².